The highest BCUT2D eigenvalue weighted by atomic mass is 16.7. The number of carbonyl (C=O) groups excluding carboxylic acids is 3. The van der Waals surface area contributed by atoms with E-state index in [1.165, 1.54) is 37.3 Å². The first-order valence-corrected chi connectivity index (χ1v) is 9.89. The van der Waals surface area contributed by atoms with E-state index >= 15 is 0 Å². The van der Waals surface area contributed by atoms with Crippen LogP contribution in [0.1, 0.15) is 26.3 Å². The first-order chi connectivity index (χ1) is 15.6. The molecule has 1 aliphatic heterocycles. The number of ether oxygens (including phenoxy) is 5. The van der Waals surface area contributed by atoms with E-state index in [1.54, 1.807) is 0 Å². The highest BCUT2D eigenvalue weighted by Crippen LogP contribution is 2.36. The number of rotatable bonds is 8. The van der Waals surface area contributed by atoms with Crippen molar-refractivity contribution in [2.24, 2.45) is 5.92 Å². The third-order valence-electron chi connectivity index (χ3n) is 4.74. The van der Waals surface area contributed by atoms with Crippen molar-refractivity contribution in [3.05, 3.63) is 40.0 Å². The molecule has 2 rings (SSSR count). The molecule has 180 valence electrons. The summed E-state index contributed by atoms with van der Waals surface area (Å²) in [7, 11) is 1.14. The van der Waals surface area contributed by atoms with E-state index in [1.807, 2.05) is 0 Å². The van der Waals surface area contributed by atoms with E-state index in [2.05, 4.69) is 0 Å². The monoisotopic (exact) mass is 467 g/mol. The molecule has 33 heavy (non-hydrogen) atoms. The lowest BCUT2D eigenvalue weighted by Gasteiger charge is -2.42. The largest absolute Gasteiger partial charge is 0.467 e. The van der Waals surface area contributed by atoms with Crippen molar-refractivity contribution < 1.29 is 48.1 Å². The van der Waals surface area contributed by atoms with Gasteiger partial charge in [0.15, 0.2) is 18.0 Å². The zero-order valence-corrected chi connectivity index (χ0v) is 18.5. The number of hydrogen-bond acceptors (Lipinski definition) is 11. The van der Waals surface area contributed by atoms with E-state index in [0.29, 0.717) is 5.56 Å². The van der Waals surface area contributed by atoms with Crippen LogP contribution in [0.25, 0.3) is 6.08 Å². The molecule has 0 aromatic heterocycles. The molecule has 5 atom stereocenters. The zero-order chi connectivity index (χ0) is 24.7. The van der Waals surface area contributed by atoms with Crippen molar-refractivity contribution in [3.63, 3.8) is 0 Å². The summed E-state index contributed by atoms with van der Waals surface area (Å²) in [5.74, 6) is -3.31. The van der Waals surface area contributed by atoms with Crippen LogP contribution in [0.15, 0.2) is 24.3 Å². The van der Waals surface area contributed by atoms with Gasteiger partial charge in [-0.3, -0.25) is 19.7 Å². The first kappa shape index (κ1) is 25.7. The molecule has 1 aromatic rings. The summed E-state index contributed by atoms with van der Waals surface area (Å²) in [5, 5.41) is 20.5. The number of aliphatic hydroxyl groups excluding tert-OH is 1. The molecule has 0 amide bonds. The number of carbonyl (C=O) groups is 3. The molecule has 12 nitrogen and oxygen atoms in total. The lowest BCUT2D eigenvalue weighted by Crippen LogP contribution is -2.60. The average molecular weight is 467 g/mol. The number of benzene rings is 1. The van der Waals surface area contributed by atoms with Crippen LogP contribution in [0.4, 0.5) is 5.69 Å². The van der Waals surface area contributed by atoms with Crippen molar-refractivity contribution >= 4 is 29.7 Å². The Morgan fingerprint density at radius 1 is 1.18 bits per heavy atom. The minimum absolute atomic E-state index is 0.247. The van der Waals surface area contributed by atoms with Crippen LogP contribution in [0.5, 0.6) is 5.75 Å². The van der Waals surface area contributed by atoms with Crippen LogP contribution >= 0.6 is 0 Å². The fourth-order valence-electron chi connectivity index (χ4n) is 3.33. The minimum atomic E-state index is -1.55. The molecule has 0 aliphatic carbocycles. The molecule has 1 aromatic carbocycles. The maximum Gasteiger partial charge on any atom is 0.335 e. The number of methoxy groups -OCH3 is 1. The second kappa shape index (κ2) is 11.4. The maximum absolute atomic E-state index is 12.3. The summed E-state index contributed by atoms with van der Waals surface area (Å²) in [6.45, 7) is 3.53. The van der Waals surface area contributed by atoms with Crippen molar-refractivity contribution in [2.45, 2.75) is 45.4 Å². The lowest BCUT2D eigenvalue weighted by atomic mass is 9.90. The van der Waals surface area contributed by atoms with Crippen LogP contribution in [0.3, 0.4) is 0 Å². The number of nitro benzene ring substituents is 1. The smallest absolute Gasteiger partial charge is 0.335 e. The number of aliphatic hydroxyl groups is 1. The summed E-state index contributed by atoms with van der Waals surface area (Å²) in [6.07, 6.45) is -2.46. The van der Waals surface area contributed by atoms with Gasteiger partial charge in [-0.1, -0.05) is 25.1 Å². The Hall–Kier alpha value is -3.51. The van der Waals surface area contributed by atoms with Crippen molar-refractivity contribution in [3.8, 4) is 5.75 Å². The Balaban J connectivity index is 2.49. The molecule has 0 saturated carbocycles. The SMILES string of the molecule is COC(=O)[C@H]1O[C@@H](Oc2ccc(/C=C/CO)cc2[N+](=O)[O-])[C@H](OC(C)=O)[C@@H](OC(C)=O)[C@@H]1C. The second-order valence-corrected chi connectivity index (χ2v) is 7.14. The fourth-order valence-corrected chi connectivity index (χ4v) is 3.33. The third-order valence-corrected chi connectivity index (χ3v) is 4.74. The Bertz CT molecular complexity index is 929. The quantitative estimate of drug-likeness (QED) is 0.254. The Morgan fingerprint density at radius 2 is 1.82 bits per heavy atom. The van der Waals surface area contributed by atoms with Gasteiger partial charge in [0.1, 0.15) is 0 Å². The number of nitrogens with zero attached hydrogens (tertiary/aromatic N) is 1. The molecule has 1 heterocycles. The summed E-state index contributed by atoms with van der Waals surface area (Å²) in [5.41, 5.74) is -0.0272. The number of esters is 3. The molecule has 0 unspecified atom stereocenters. The predicted molar refractivity (Wildman–Crippen MR) is 111 cm³/mol. The van der Waals surface area contributed by atoms with Crippen LogP contribution in [0, 0.1) is 16.0 Å². The summed E-state index contributed by atoms with van der Waals surface area (Å²) >= 11 is 0. The van der Waals surface area contributed by atoms with Gasteiger partial charge in [-0.15, -0.1) is 0 Å². The van der Waals surface area contributed by atoms with E-state index in [0.717, 1.165) is 21.0 Å². The molecular weight excluding hydrogens is 442 g/mol. The van der Waals surface area contributed by atoms with Gasteiger partial charge in [0.25, 0.3) is 0 Å². The molecule has 12 heteroatoms. The van der Waals surface area contributed by atoms with Gasteiger partial charge in [-0.05, 0) is 11.6 Å². The molecular formula is C21H25NO11. The molecule has 1 aliphatic rings. The first-order valence-electron chi connectivity index (χ1n) is 9.89. The summed E-state index contributed by atoms with van der Waals surface area (Å²) < 4.78 is 26.7. The Morgan fingerprint density at radius 3 is 2.36 bits per heavy atom. The van der Waals surface area contributed by atoms with Crippen LogP contribution in [0.2, 0.25) is 0 Å². The summed E-state index contributed by atoms with van der Waals surface area (Å²) in [6, 6.07) is 3.98. The van der Waals surface area contributed by atoms with Crippen molar-refractivity contribution in [2.75, 3.05) is 13.7 Å². The third kappa shape index (κ3) is 6.49. The van der Waals surface area contributed by atoms with Gasteiger partial charge >= 0.3 is 23.6 Å². The van der Waals surface area contributed by atoms with E-state index in [-0.39, 0.29) is 12.4 Å². The number of nitro groups is 1. The molecule has 0 bridgehead atoms. The van der Waals surface area contributed by atoms with Crippen LogP contribution in [-0.4, -0.2) is 66.3 Å². The molecule has 0 radical (unpaired) electrons. The average Bonchev–Trinajstić information content (AvgIpc) is 2.75. The molecule has 1 N–H and O–H groups in total. The van der Waals surface area contributed by atoms with Crippen LogP contribution in [-0.2, 0) is 33.3 Å². The standard InChI is InChI=1S/C21H25NO11/c1-11-17(30-12(2)24)19(31-13(3)25)21(33-18(11)20(26)29-4)32-16-8-7-14(6-5-9-23)10-15(16)22(27)28/h5-8,10-11,17-19,21,23H,9H2,1-4H3/b6-5+/t11-,17-,18-,19+,21+/m0/s1. The normalized spacial score (nSPS) is 24.7. The van der Waals surface area contributed by atoms with Gasteiger partial charge in [0.2, 0.25) is 12.4 Å². The highest BCUT2D eigenvalue weighted by Gasteiger charge is 2.52. The minimum Gasteiger partial charge on any atom is -0.467 e. The maximum atomic E-state index is 12.3. The van der Waals surface area contributed by atoms with Gasteiger partial charge in [0.05, 0.1) is 18.6 Å². The van der Waals surface area contributed by atoms with E-state index < -0.39 is 59.0 Å². The van der Waals surface area contributed by atoms with Gasteiger partial charge < -0.3 is 28.8 Å². The fraction of sp³-hybridized carbons (Fsp3) is 0.476. The molecule has 0 spiro atoms. The zero-order valence-electron chi connectivity index (χ0n) is 18.5. The van der Waals surface area contributed by atoms with E-state index in [4.69, 9.17) is 28.8 Å². The van der Waals surface area contributed by atoms with Gasteiger partial charge in [0, 0.05) is 25.8 Å². The van der Waals surface area contributed by atoms with Crippen LogP contribution < -0.4 is 4.74 Å². The van der Waals surface area contributed by atoms with Gasteiger partial charge in [-0.2, -0.15) is 0 Å². The van der Waals surface area contributed by atoms with Crippen molar-refractivity contribution in [1.82, 2.24) is 0 Å². The van der Waals surface area contributed by atoms with E-state index in [9.17, 15) is 24.5 Å². The lowest BCUT2D eigenvalue weighted by molar-refractivity contribution is -0.387. The van der Waals surface area contributed by atoms with Crippen molar-refractivity contribution in [1.29, 1.82) is 0 Å². The summed E-state index contributed by atoms with van der Waals surface area (Å²) in [4.78, 5) is 46.6. The number of hydrogen-bond donors (Lipinski definition) is 1. The highest BCUT2D eigenvalue weighted by molar-refractivity contribution is 5.75. The molecule has 1 fully saturated rings. The molecule has 1 saturated heterocycles. The predicted octanol–water partition coefficient (Wildman–Crippen LogP) is 1.38. The Labute approximate surface area is 189 Å². The van der Waals surface area contributed by atoms with Gasteiger partial charge in [-0.25, -0.2) is 4.79 Å². The topological polar surface area (TPSA) is 161 Å². The Kier molecular flexibility index (Phi) is 8.88. The second-order valence-electron chi connectivity index (χ2n) is 7.14.